The molecule has 4 rings (SSSR count). The minimum Gasteiger partial charge on any atom is -0.472 e. The van der Waals surface area contributed by atoms with Crippen LogP contribution in [0.4, 0.5) is 0 Å². The largest absolute Gasteiger partial charge is 0.472 e. The second kappa shape index (κ2) is 7.25. The summed E-state index contributed by atoms with van der Waals surface area (Å²) >= 11 is 0. The molecule has 4 heterocycles. The molecular weight excluding hydrogens is 314 g/mol. The Hall–Kier alpha value is -2.37. The van der Waals surface area contributed by atoms with Crippen molar-refractivity contribution in [1.29, 1.82) is 0 Å². The van der Waals surface area contributed by atoms with E-state index in [2.05, 4.69) is 21.8 Å². The molecule has 0 bridgehead atoms. The molecular formula is C20H23N3O2. The predicted molar refractivity (Wildman–Crippen MR) is 94.6 cm³/mol. The van der Waals surface area contributed by atoms with Gasteiger partial charge in [0.1, 0.15) is 5.76 Å². The first-order chi connectivity index (χ1) is 12.3. The number of fused-ring (bicyclic) bond motifs is 1. The quantitative estimate of drug-likeness (QED) is 0.689. The Bertz CT molecular complexity index is 796. The first kappa shape index (κ1) is 16.1. The van der Waals surface area contributed by atoms with Crippen LogP contribution in [0.1, 0.15) is 28.0 Å². The van der Waals surface area contributed by atoms with Gasteiger partial charge in [-0.05, 0) is 48.4 Å². The summed E-state index contributed by atoms with van der Waals surface area (Å²) in [5.41, 5.74) is 5.36. The third-order valence-corrected chi connectivity index (χ3v) is 4.74. The van der Waals surface area contributed by atoms with Crippen molar-refractivity contribution in [3.05, 3.63) is 77.4 Å². The maximum atomic E-state index is 5.45. The zero-order chi connectivity index (χ0) is 17.1. The van der Waals surface area contributed by atoms with Gasteiger partial charge in [-0.2, -0.15) is 0 Å². The van der Waals surface area contributed by atoms with Crippen LogP contribution < -0.4 is 0 Å². The molecule has 5 nitrogen and oxygen atoms in total. The highest BCUT2D eigenvalue weighted by atomic mass is 16.3. The molecule has 0 spiro atoms. The Morgan fingerprint density at radius 1 is 1.20 bits per heavy atom. The number of hydrogen-bond acceptors (Lipinski definition) is 5. The molecule has 1 aliphatic heterocycles. The molecule has 130 valence electrons. The number of aromatic nitrogens is 1. The van der Waals surface area contributed by atoms with Crippen molar-refractivity contribution in [3.8, 4) is 0 Å². The number of pyridine rings is 1. The van der Waals surface area contributed by atoms with Gasteiger partial charge in [-0.3, -0.25) is 14.8 Å². The van der Waals surface area contributed by atoms with Gasteiger partial charge in [0.15, 0.2) is 0 Å². The SMILES string of the molecule is CN(Cc1ccco1)Cc1cncc2c1CCN(Cc1ccoc1)C2. The van der Waals surface area contributed by atoms with Crippen LogP contribution in [0.15, 0.2) is 58.2 Å². The van der Waals surface area contributed by atoms with Gasteiger partial charge < -0.3 is 8.83 Å². The van der Waals surface area contributed by atoms with Crippen LogP contribution in [-0.2, 0) is 32.6 Å². The average molecular weight is 337 g/mol. The van der Waals surface area contributed by atoms with Gasteiger partial charge in [-0.1, -0.05) is 0 Å². The fourth-order valence-corrected chi connectivity index (χ4v) is 3.55. The standard InChI is InChI=1S/C20H23N3O2/c1-22(14-19-3-2-7-25-19)12-17-9-21-10-18-13-23(6-4-20(17)18)11-16-5-8-24-15-16/h2-3,5,7-10,15H,4,6,11-14H2,1H3. The summed E-state index contributed by atoms with van der Waals surface area (Å²) in [6.07, 6.45) is 10.4. The molecule has 0 aromatic carbocycles. The molecule has 0 unspecified atom stereocenters. The van der Waals surface area contributed by atoms with Crippen molar-refractivity contribution in [2.45, 2.75) is 32.6 Å². The van der Waals surface area contributed by atoms with E-state index in [4.69, 9.17) is 8.83 Å². The summed E-state index contributed by atoms with van der Waals surface area (Å²) in [6.45, 7) is 4.64. The van der Waals surface area contributed by atoms with Crippen LogP contribution in [0.3, 0.4) is 0 Å². The van der Waals surface area contributed by atoms with Crippen molar-refractivity contribution in [1.82, 2.24) is 14.8 Å². The molecule has 0 N–H and O–H groups in total. The highest BCUT2D eigenvalue weighted by molar-refractivity contribution is 5.34. The average Bonchev–Trinajstić information content (AvgIpc) is 3.29. The van der Waals surface area contributed by atoms with Crippen LogP contribution in [0.5, 0.6) is 0 Å². The molecule has 0 radical (unpaired) electrons. The summed E-state index contributed by atoms with van der Waals surface area (Å²) in [7, 11) is 2.12. The smallest absolute Gasteiger partial charge is 0.117 e. The van der Waals surface area contributed by atoms with Crippen molar-refractivity contribution in [3.63, 3.8) is 0 Å². The van der Waals surface area contributed by atoms with Gasteiger partial charge >= 0.3 is 0 Å². The Balaban J connectivity index is 1.43. The van der Waals surface area contributed by atoms with Crippen LogP contribution in [0.2, 0.25) is 0 Å². The van der Waals surface area contributed by atoms with E-state index in [0.717, 1.165) is 44.9 Å². The van der Waals surface area contributed by atoms with Gasteiger partial charge in [-0.25, -0.2) is 0 Å². The van der Waals surface area contributed by atoms with Crippen LogP contribution in [-0.4, -0.2) is 28.4 Å². The maximum absolute atomic E-state index is 5.45. The molecule has 0 saturated carbocycles. The minimum absolute atomic E-state index is 0.809. The zero-order valence-corrected chi connectivity index (χ0v) is 14.5. The topological polar surface area (TPSA) is 45.7 Å². The van der Waals surface area contributed by atoms with Gasteiger partial charge in [0.05, 0.1) is 25.3 Å². The molecule has 3 aromatic heterocycles. The maximum Gasteiger partial charge on any atom is 0.117 e. The van der Waals surface area contributed by atoms with Gasteiger partial charge in [-0.15, -0.1) is 0 Å². The molecule has 0 fully saturated rings. The molecule has 0 saturated heterocycles. The normalized spacial score (nSPS) is 14.8. The van der Waals surface area contributed by atoms with E-state index in [-0.39, 0.29) is 0 Å². The molecule has 5 heteroatoms. The molecule has 25 heavy (non-hydrogen) atoms. The molecule has 0 aliphatic carbocycles. The van der Waals surface area contributed by atoms with Crippen LogP contribution in [0.25, 0.3) is 0 Å². The Kier molecular flexibility index (Phi) is 4.68. The number of nitrogens with zero attached hydrogens (tertiary/aromatic N) is 3. The van der Waals surface area contributed by atoms with E-state index < -0.39 is 0 Å². The number of rotatable bonds is 6. The lowest BCUT2D eigenvalue weighted by molar-refractivity contribution is 0.241. The van der Waals surface area contributed by atoms with E-state index in [0.29, 0.717) is 0 Å². The molecule has 0 amide bonds. The predicted octanol–water partition coefficient (Wildman–Crippen LogP) is 3.46. The van der Waals surface area contributed by atoms with Crippen molar-refractivity contribution >= 4 is 0 Å². The van der Waals surface area contributed by atoms with Gasteiger partial charge in [0, 0.05) is 44.1 Å². The highest BCUT2D eigenvalue weighted by Crippen LogP contribution is 2.24. The molecule has 1 aliphatic rings. The Morgan fingerprint density at radius 2 is 2.16 bits per heavy atom. The Morgan fingerprint density at radius 3 is 2.96 bits per heavy atom. The summed E-state index contributed by atoms with van der Waals surface area (Å²) in [4.78, 5) is 9.21. The number of hydrogen-bond donors (Lipinski definition) is 0. The second-order valence-electron chi connectivity index (χ2n) is 6.78. The lowest BCUT2D eigenvalue weighted by Gasteiger charge is -2.30. The third kappa shape index (κ3) is 3.83. The summed E-state index contributed by atoms with van der Waals surface area (Å²) in [5.74, 6) is 0.992. The van der Waals surface area contributed by atoms with E-state index in [1.807, 2.05) is 36.9 Å². The lowest BCUT2D eigenvalue weighted by atomic mass is 9.96. The first-order valence-corrected chi connectivity index (χ1v) is 8.67. The van der Waals surface area contributed by atoms with Gasteiger partial charge in [0.25, 0.3) is 0 Å². The van der Waals surface area contributed by atoms with Gasteiger partial charge in [0.2, 0.25) is 0 Å². The zero-order valence-electron chi connectivity index (χ0n) is 14.5. The van der Waals surface area contributed by atoms with E-state index in [9.17, 15) is 0 Å². The van der Waals surface area contributed by atoms with Crippen molar-refractivity contribution < 1.29 is 8.83 Å². The van der Waals surface area contributed by atoms with Crippen LogP contribution in [0, 0.1) is 0 Å². The Labute approximate surface area is 147 Å². The highest BCUT2D eigenvalue weighted by Gasteiger charge is 2.20. The van der Waals surface area contributed by atoms with E-state index in [1.54, 1.807) is 12.5 Å². The minimum atomic E-state index is 0.809. The second-order valence-corrected chi connectivity index (χ2v) is 6.78. The third-order valence-electron chi connectivity index (χ3n) is 4.74. The summed E-state index contributed by atoms with van der Waals surface area (Å²) in [6, 6.07) is 5.99. The fraction of sp³-hybridized carbons (Fsp3) is 0.350. The molecule has 3 aromatic rings. The summed E-state index contributed by atoms with van der Waals surface area (Å²) in [5, 5.41) is 0. The fourth-order valence-electron chi connectivity index (χ4n) is 3.55. The number of furan rings is 2. The van der Waals surface area contributed by atoms with Crippen LogP contribution >= 0.6 is 0 Å². The monoisotopic (exact) mass is 337 g/mol. The molecule has 0 atom stereocenters. The first-order valence-electron chi connectivity index (χ1n) is 8.67. The van der Waals surface area contributed by atoms with Crippen molar-refractivity contribution in [2.75, 3.05) is 13.6 Å². The van der Waals surface area contributed by atoms with E-state index in [1.165, 1.54) is 22.3 Å². The summed E-state index contributed by atoms with van der Waals surface area (Å²) < 4.78 is 10.6. The van der Waals surface area contributed by atoms with E-state index >= 15 is 0 Å². The van der Waals surface area contributed by atoms with Crippen molar-refractivity contribution in [2.24, 2.45) is 0 Å². The lowest BCUT2D eigenvalue weighted by Crippen LogP contribution is -2.31.